The van der Waals surface area contributed by atoms with Crippen molar-refractivity contribution < 1.29 is 9.53 Å². The van der Waals surface area contributed by atoms with Crippen molar-refractivity contribution in [2.24, 2.45) is 5.92 Å². The lowest BCUT2D eigenvalue weighted by Crippen LogP contribution is -2.33. The molecule has 0 bridgehead atoms. The second-order valence-corrected chi connectivity index (χ2v) is 7.24. The van der Waals surface area contributed by atoms with E-state index < -0.39 is 0 Å². The molecule has 1 aliphatic carbocycles. The van der Waals surface area contributed by atoms with Gasteiger partial charge in [-0.05, 0) is 61.9 Å². The van der Waals surface area contributed by atoms with Crippen LogP contribution < -0.4 is 15.4 Å². The number of amides is 1. The molecule has 146 valence electrons. The largest absolute Gasteiger partial charge is 0.497 e. The number of halogens is 1. The molecule has 2 N–H and O–H groups in total. The summed E-state index contributed by atoms with van der Waals surface area (Å²) < 4.78 is 7.16. The molecule has 2 aliphatic rings. The maximum absolute atomic E-state index is 12.8. The fourth-order valence-electron chi connectivity index (χ4n) is 3.65. The van der Waals surface area contributed by atoms with E-state index in [0.29, 0.717) is 17.7 Å². The Labute approximate surface area is 166 Å². The van der Waals surface area contributed by atoms with E-state index in [1.165, 1.54) is 0 Å². The van der Waals surface area contributed by atoms with Crippen molar-refractivity contribution in [2.75, 3.05) is 20.2 Å². The van der Waals surface area contributed by atoms with Gasteiger partial charge in [-0.1, -0.05) is 12.1 Å². The van der Waals surface area contributed by atoms with Crippen LogP contribution in [0.25, 0.3) is 0 Å². The predicted molar refractivity (Wildman–Crippen MR) is 107 cm³/mol. The molecular formula is C20H27ClN4O2. The Hall–Kier alpha value is -2.05. The highest BCUT2D eigenvalue weighted by Gasteiger charge is 2.34. The third-order valence-corrected chi connectivity index (χ3v) is 5.34. The van der Waals surface area contributed by atoms with Gasteiger partial charge in [-0.2, -0.15) is 5.10 Å². The Morgan fingerprint density at radius 2 is 2.04 bits per heavy atom. The van der Waals surface area contributed by atoms with E-state index in [1.807, 2.05) is 41.2 Å². The van der Waals surface area contributed by atoms with Gasteiger partial charge in [0.1, 0.15) is 11.4 Å². The topological polar surface area (TPSA) is 68.2 Å². The van der Waals surface area contributed by atoms with Crippen LogP contribution in [0.15, 0.2) is 36.5 Å². The maximum atomic E-state index is 12.8. The molecule has 0 spiro atoms. The van der Waals surface area contributed by atoms with Gasteiger partial charge in [-0.15, -0.1) is 12.4 Å². The smallest absolute Gasteiger partial charge is 0.272 e. The Morgan fingerprint density at radius 3 is 2.67 bits per heavy atom. The lowest BCUT2D eigenvalue weighted by molar-refractivity contribution is 0.0925. The number of nitrogens with one attached hydrogen (secondary N) is 2. The van der Waals surface area contributed by atoms with Gasteiger partial charge in [-0.25, -0.2) is 0 Å². The third kappa shape index (κ3) is 4.62. The van der Waals surface area contributed by atoms with Gasteiger partial charge < -0.3 is 15.4 Å². The summed E-state index contributed by atoms with van der Waals surface area (Å²) in [5.41, 5.74) is 1.62. The van der Waals surface area contributed by atoms with Crippen LogP contribution in [0, 0.1) is 5.92 Å². The average Bonchev–Trinajstić information content (AvgIpc) is 3.42. The molecule has 4 rings (SSSR count). The van der Waals surface area contributed by atoms with Gasteiger partial charge in [0.15, 0.2) is 0 Å². The Bertz CT molecular complexity index is 752. The molecule has 1 saturated heterocycles. The minimum absolute atomic E-state index is 0. The molecule has 1 saturated carbocycles. The highest BCUT2D eigenvalue weighted by atomic mass is 35.5. The number of nitrogens with zero attached hydrogens (tertiary/aromatic N) is 2. The zero-order valence-corrected chi connectivity index (χ0v) is 16.4. The highest BCUT2D eigenvalue weighted by Crippen LogP contribution is 2.41. The molecule has 2 aromatic rings. The first-order valence-corrected chi connectivity index (χ1v) is 9.45. The minimum atomic E-state index is -0.0970. The first-order valence-electron chi connectivity index (χ1n) is 9.45. The van der Waals surface area contributed by atoms with E-state index in [-0.39, 0.29) is 24.4 Å². The first-order chi connectivity index (χ1) is 12.7. The van der Waals surface area contributed by atoms with Crippen LogP contribution in [0.5, 0.6) is 5.75 Å². The number of methoxy groups -OCH3 is 1. The molecule has 1 amide bonds. The third-order valence-electron chi connectivity index (χ3n) is 5.34. The lowest BCUT2D eigenvalue weighted by Gasteiger charge is -2.23. The predicted octanol–water partition coefficient (Wildman–Crippen LogP) is 3.12. The van der Waals surface area contributed by atoms with E-state index in [1.54, 1.807) is 7.11 Å². The molecule has 1 aromatic carbocycles. The van der Waals surface area contributed by atoms with Gasteiger partial charge >= 0.3 is 0 Å². The van der Waals surface area contributed by atoms with Crippen LogP contribution in [0.1, 0.15) is 53.8 Å². The number of hydrogen-bond donors (Lipinski definition) is 2. The number of hydrogen-bond acceptors (Lipinski definition) is 4. The van der Waals surface area contributed by atoms with Crippen molar-refractivity contribution in [3.8, 4) is 5.75 Å². The maximum Gasteiger partial charge on any atom is 0.272 e. The molecule has 27 heavy (non-hydrogen) atoms. The summed E-state index contributed by atoms with van der Waals surface area (Å²) in [7, 11) is 1.66. The van der Waals surface area contributed by atoms with Gasteiger partial charge in [0, 0.05) is 12.7 Å². The van der Waals surface area contributed by atoms with Crippen molar-refractivity contribution in [1.82, 2.24) is 20.4 Å². The summed E-state index contributed by atoms with van der Waals surface area (Å²) in [6.45, 7) is 1.98. The fraction of sp³-hybridized carbons (Fsp3) is 0.500. The van der Waals surface area contributed by atoms with E-state index in [4.69, 9.17) is 4.74 Å². The standard InChI is InChI=1S/C20H26N4O2.ClH/c1-26-17-8-6-15(7-9-17)19(14-4-5-14)22-20(25)18-10-12-24(23-18)16-3-2-11-21-13-16;/h6-10,12,14,16,19,21H,2-5,11,13H2,1H3,(H,22,25);1H. The monoisotopic (exact) mass is 390 g/mol. The summed E-state index contributed by atoms with van der Waals surface area (Å²) in [5.74, 6) is 1.24. The van der Waals surface area contributed by atoms with E-state index in [9.17, 15) is 4.79 Å². The molecular weight excluding hydrogens is 364 g/mol. The van der Waals surface area contributed by atoms with Crippen molar-refractivity contribution in [3.63, 3.8) is 0 Å². The van der Waals surface area contributed by atoms with Crippen LogP contribution in [0.4, 0.5) is 0 Å². The van der Waals surface area contributed by atoms with Crippen LogP contribution in [-0.2, 0) is 0 Å². The number of carbonyl (C=O) groups excluding carboxylic acids is 1. The number of carbonyl (C=O) groups is 1. The van der Waals surface area contributed by atoms with Gasteiger partial charge in [0.05, 0.1) is 19.2 Å². The second-order valence-electron chi connectivity index (χ2n) is 7.24. The van der Waals surface area contributed by atoms with E-state index in [2.05, 4.69) is 15.7 Å². The first kappa shape index (κ1) is 19.7. The fourth-order valence-corrected chi connectivity index (χ4v) is 3.65. The Balaban J connectivity index is 0.00000210. The Morgan fingerprint density at radius 1 is 1.26 bits per heavy atom. The summed E-state index contributed by atoms with van der Waals surface area (Å²) in [5, 5.41) is 11.1. The zero-order valence-electron chi connectivity index (χ0n) is 15.6. The molecule has 2 fully saturated rings. The number of aromatic nitrogens is 2. The quantitative estimate of drug-likeness (QED) is 0.795. The molecule has 6 nitrogen and oxygen atoms in total. The normalized spacial score (nSPS) is 20.4. The number of ether oxygens (including phenoxy) is 1. The zero-order chi connectivity index (χ0) is 17.9. The van der Waals surface area contributed by atoms with Crippen molar-refractivity contribution in [1.29, 1.82) is 0 Å². The minimum Gasteiger partial charge on any atom is -0.497 e. The van der Waals surface area contributed by atoms with Gasteiger partial charge in [0.25, 0.3) is 5.91 Å². The summed E-state index contributed by atoms with van der Waals surface area (Å²) in [4.78, 5) is 12.8. The molecule has 2 atom stereocenters. The Kier molecular flexibility index (Phi) is 6.39. The molecule has 7 heteroatoms. The van der Waals surface area contributed by atoms with Gasteiger partial charge in [0.2, 0.25) is 0 Å². The van der Waals surface area contributed by atoms with E-state index in [0.717, 1.165) is 50.1 Å². The lowest BCUT2D eigenvalue weighted by atomic mass is 10.0. The van der Waals surface area contributed by atoms with Crippen molar-refractivity contribution in [3.05, 3.63) is 47.8 Å². The van der Waals surface area contributed by atoms with Crippen molar-refractivity contribution in [2.45, 2.75) is 37.8 Å². The number of piperidine rings is 1. The van der Waals surface area contributed by atoms with Crippen LogP contribution in [0.3, 0.4) is 0 Å². The summed E-state index contributed by atoms with van der Waals surface area (Å²) in [6.07, 6.45) is 6.48. The van der Waals surface area contributed by atoms with Crippen molar-refractivity contribution >= 4 is 18.3 Å². The molecule has 1 aromatic heterocycles. The molecule has 0 radical (unpaired) electrons. The van der Waals surface area contributed by atoms with Crippen LogP contribution in [-0.4, -0.2) is 35.9 Å². The summed E-state index contributed by atoms with van der Waals surface area (Å²) in [6, 6.07) is 10.2. The molecule has 1 aliphatic heterocycles. The second kappa shape index (κ2) is 8.76. The molecule has 2 unspecified atom stereocenters. The number of benzene rings is 1. The van der Waals surface area contributed by atoms with Crippen LogP contribution >= 0.6 is 12.4 Å². The summed E-state index contributed by atoms with van der Waals surface area (Å²) >= 11 is 0. The highest BCUT2D eigenvalue weighted by molar-refractivity contribution is 5.92. The number of rotatable bonds is 6. The van der Waals surface area contributed by atoms with Gasteiger partial charge in [-0.3, -0.25) is 9.48 Å². The average molecular weight is 391 g/mol. The molecule has 2 heterocycles. The SMILES string of the molecule is COc1ccc(C(NC(=O)c2ccn(C3CCCNC3)n2)C2CC2)cc1.Cl. The van der Waals surface area contributed by atoms with Crippen LogP contribution in [0.2, 0.25) is 0 Å². The van der Waals surface area contributed by atoms with E-state index >= 15 is 0 Å².